The van der Waals surface area contributed by atoms with Crippen molar-refractivity contribution < 1.29 is 4.58 Å². The minimum atomic E-state index is 1.02. The topological polar surface area (TPSA) is 15.0 Å². The van der Waals surface area contributed by atoms with Gasteiger partial charge in [0.1, 0.15) is 6.21 Å². The van der Waals surface area contributed by atoms with E-state index in [1.165, 1.54) is 103 Å². The minimum Gasteiger partial charge on any atom is -0.262 e. The highest BCUT2D eigenvalue weighted by atomic mass is 15.1. The van der Waals surface area contributed by atoms with E-state index in [0.29, 0.717) is 0 Å². The van der Waals surface area contributed by atoms with E-state index in [0.717, 1.165) is 6.67 Å². The number of nitrogens with one attached hydrogen (secondary N) is 1. The molecular weight excluding hydrogens is 268 g/mol. The molecule has 0 fully saturated rings. The quantitative estimate of drug-likeness (QED) is 0.643. The van der Waals surface area contributed by atoms with Gasteiger partial charge in [0.2, 0.25) is 6.67 Å². The zero-order valence-corrected chi connectivity index (χ0v) is 14.6. The summed E-state index contributed by atoms with van der Waals surface area (Å²) in [5.74, 6) is 0. The fourth-order valence-corrected chi connectivity index (χ4v) is 3.62. The van der Waals surface area contributed by atoms with E-state index in [4.69, 9.17) is 0 Å². The van der Waals surface area contributed by atoms with Crippen molar-refractivity contribution in [3.05, 3.63) is 11.8 Å². The summed E-state index contributed by atoms with van der Waals surface area (Å²) in [5.41, 5.74) is 1.59. The highest BCUT2D eigenvalue weighted by Crippen LogP contribution is 2.17. The Balaban J connectivity index is 1.97. The molecule has 0 unspecified atom stereocenters. The van der Waals surface area contributed by atoms with E-state index < -0.39 is 0 Å². The van der Waals surface area contributed by atoms with Crippen LogP contribution in [0, 0.1) is 0 Å². The SMILES string of the molecule is C1=C([N+]2=CCCCCCCCNC2)CCCCCCCCC1. The van der Waals surface area contributed by atoms with Gasteiger partial charge in [0.25, 0.3) is 0 Å². The van der Waals surface area contributed by atoms with Crippen molar-refractivity contribution in [2.45, 2.75) is 96.3 Å². The lowest BCUT2D eigenvalue weighted by Gasteiger charge is -2.09. The normalized spacial score (nSPS) is 24.4. The second-order valence-electron chi connectivity index (χ2n) is 7.08. The Morgan fingerprint density at radius 1 is 0.682 bits per heavy atom. The van der Waals surface area contributed by atoms with Crippen LogP contribution < -0.4 is 5.32 Å². The van der Waals surface area contributed by atoms with Crippen molar-refractivity contribution in [2.24, 2.45) is 0 Å². The highest BCUT2D eigenvalue weighted by Gasteiger charge is 2.13. The van der Waals surface area contributed by atoms with Crippen LogP contribution in [-0.4, -0.2) is 24.0 Å². The molecule has 0 saturated carbocycles. The lowest BCUT2D eigenvalue weighted by atomic mass is 10.1. The first-order valence-corrected chi connectivity index (χ1v) is 9.96. The highest BCUT2D eigenvalue weighted by molar-refractivity contribution is 5.51. The third kappa shape index (κ3) is 7.58. The van der Waals surface area contributed by atoms with E-state index in [9.17, 15) is 0 Å². The molecule has 2 heteroatoms. The number of nitrogens with zero attached hydrogens (tertiary/aromatic N) is 1. The molecule has 0 atom stereocenters. The van der Waals surface area contributed by atoms with Gasteiger partial charge in [0, 0.05) is 19.4 Å². The van der Waals surface area contributed by atoms with Crippen LogP contribution in [0.2, 0.25) is 0 Å². The monoisotopic (exact) mass is 305 g/mol. The van der Waals surface area contributed by atoms with Crippen LogP contribution in [0.15, 0.2) is 11.8 Å². The molecule has 0 saturated heterocycles. The van der Waals surface area contributed by atoms with E-state index >= 15 is 0 Å². The fraction of sp³-hybridized carbons (Fsp3) is 0.850. The van der Waals surface area contributed by atoms with Crippen LogP contribution in [0.4, 0.5) is 0 Å². The third-order valence-corrected chi connectivity index (χ3v) is 5.08. The number of hydrogen-bond donors (Lipinski definition) is 1. The number of allylic oxidation sites excluding steroid dienone is 2. The maximum atomic E-state index is 3.66. The zero-order chi connectivity index (χ0) is 15.3. The van der Waals surface area contributed by atoms with Crippen LogP contribution in [0.25, 0.3) is 0 Å². The van der Waals surface area contributed by atoms with Crippen LogP contribution in [0.5, 0.6) is 0 Å². The van der Waals surface area contributed by atoms with Gasteiger partial charge in [-0.15, -0.1) is 0 Å². The Bertz CT molecular complexity index is 310. The van der Waals surface area contributed by atoms with Crippen molar-refractivity contribution in [3.8, 4) is 0 Å². The largest absolute Gasteiger partial charge is 0.262 e. The first-order valence-electron chi connectivity index (χ1n) is 9.96. The summed E-state index contributed by atoms with van der Waals surface area (Å²) in [6.45, 7) is 2.20. The molecule has 1 N–H and O–H groups in total. The molecule has 0 aromatic rings. The molecule has 126 valence electrons. The summed E-state index contributed by atoms with van der Waals surface area (Å²) in [4.78, 5) is 0. The molecule has 0 amide bonds. The van der Waals surface area contributed by atoms with Crippen molar-refractivity contribution >= 4 is 6.21 Å². The zero-order valence-electron chi connectivity index (χ0n) is 14.6. The molecule has 0 bridgehead atoms. The molecule has 2 nitrogen and oxygen atoms in total. The molecule has 1 aliphatic heterocycles. The Labute approximate surface area is 138 Å². The van der Waals surface area contributed by atoms with Gasteiger partial charge in [-0.3, -0.25) is 5.32 Å². The summed E-state index contributed by atoms with van der Waals surface area (Å²) in [7, 11) is 0. The first-order chi connectivity index (χ1) is 11.0. The van der Waals surface area contributed by atoms with Crippen molar-refractivity contribution in [1.82, 2.24) is 5.32 Å². The van der Waals surface area contributed by atoms with Crippen LogP contribution in [0.3, 0.4) is 0 Å². The summed E-state index contributed by atoms with van der Waals surface area (Å²) >= 11 is 0. The molecule has 2 rings (SSSR count). The molecule has 1 heterocycles. The maximum absolute atomic E-state index is 3.66. The van der Waals surface area contributed by atoms with Crippen molar-refractivity contribution in [2.75, 3.05) is 13.2 Å². The average molecular weight is 306 g/mol. The van der Waals surface area contributed by atoms with E-state index in [1.54, 1.807) is 5.70 Å². The molecule has 0 aromatic heterocycles. The van der Waals surface area contributed by atoms with Gasteiger partial charge >= 0.3 is 0 Å². The summed E-state index contributed by atoms with van der Waals surface area (Å²) in [5, 5.41) is 3.66. The third-order valence-electron chi connectivity index (χ3n) is 5.08. The predicted molar refractivity (Wildman–Crippen MR) is 96.5 cm³/mol. The molecule has 22 heavy (non-hydrogen) atoms. The number of rotatable bonds is 1. The van der Waals surface area contributed by atoms with Gasteiger partial charge < -0.3 is 0 Å². The van der Waals surface area contributed by atoms with Crippen LogP contribution >= 0.6 is 0 Å². The second-order valence-corrected chi connectivity index (χ2v) is 7.08. The summed E-state index contributed by atoms with van der Waals surface area (Å²) < 4.78 is 2.54. The summed E-state index contributed by atoms with van der Waals surface area (Å²) in [6, 6.07) is 0. The molecule has 0 radical (unpaired) electrons. The van der Waals surface area contributed by atoms with Gasteiger partial charge in [-0.1, -0.05) is 51.4 Å². The molecule has 1 aliphatic carbocycles. The van der Waals surface area contributed by atoms with Crippen LogP contribution in [0.1, 0.15) is 96.3 Å². The molecular formula is C20H37N2+. The van der Waals surface area contributed by atoms with Crippen molar-refractivity contribution in [3.63, 3.8) is 0 Å². The Hall–Kier alpha value is -0.630. The van der Waals surface area contributed by atoms with Crippen molar-refractivity contribution in [1.29, 1.82) is 0 Å². The van der Waals surface area contributed by atoms with Gasteiger partial charge in [0.15, 0.2) is 5.70 Å². The second kappa shape index (κ2) is 11.9. The lowest BCUT2D eigenvalue weighted by Crippen LogP contribution is -2.28. The van der Waals surface area contributed by atoms with Gasteiger partial charge in [-0.05, 0) is 38.2 Å². The summed E-state index contributed by atoms with van der Waals surface area (Å²) in [6.07, 6.45) is 25.7. The van der Waals surface area contributed by atoms with E-state index in [2.05, 4.69) is 22.2 Å². The predicted octanol–water partition coefficient (Wildman–Crippen LogP) is 5.38. The smallest absolute Gasteiger partial charge is 0.202 e. The van der Waals surface area contributed by atoms with E-state index in [1.807, 2.05) is 0 Å². The minimum absolute atomic E-state index is 1.02. The van der Waals surface area contributed by atoms with Gasteiger partial charge in [-0.2, -0.15) is 4.58 Å². The molecule has 0 aromatic carbocycles. The maximum Gasteiger partial charge on any atom is 0.202 e. The molecule has 2 aliphatic rings. The number of hydrogen-bond acceptors (Lipinski definition) is 1. The first kappa shape index (κ1) is 17.7. The van der Waals surface area contributed by atoms with E-state index in [-0.39, 0.29) is 0 Å². The Kier molecular flexibility index (Phi) is 9.56. The molecule has 0 spiro atoms. The van der Waals surface area contributed by atoms with Gasteiger partial charge in [0.05, 0.1) is 0 Å². The Morgan fingerprint density at radius 2 is 1.32 bits per heavy atom. The van der Waals surface area contributed by atoms with Gasteiger partial charge in [-0.25, -0.2) is 0 Å². The fourth-order valence-electron chi connectivity index (χ4n) is 3.62. The average Bonchev–Trinajstić information content (AvgIpc) is 2.64. The standard InChI is InChI=1S/C20H37N2/c1-2-4-8-12-16-20(15-11-7-3-1)22-18-14-10-6-5-9-13-17-21-19-22/h15,18,21H,1-14,16-17,19H2/q+1. The lowest BCUT2D eigenvalue weighted by molar-refractivity contribution is -0.482. The van der Waals surface area contributed by atoms with Crippen LogP contribution in [-0.2, 0) is 0 Å². The Morgan fingerprint density at radius 3 is 2.14 bits per heavy atom.